The molecule has 2 rings (SSSR count). The lowest BCUT2D eigenvalue weighted by Crippen LogP contribution is -2.38. The molecule has 2 aromatic rings. The van der Waals surface area contributed by atoms with Gasteiger partial charge in [-0.25, -0.2) is 4.99 Å². The Hall–Kier alpha value is -2.36. The molecule has 0 atom stereocenters. The molecule has 0 spiro atoms. The van der Waals surface area contributed by atoms with E-state index in [1.807, 2.05) is 37.3 Å². The Labute approximate surface area is 189 Å². The number of guanidine groups is 1. The van der Waals surface area contributed by atoms with Gasteiger partial charge in [-0.15, -0.1) is 24.0 Å². The van der Waals surface area contributed by atoms with Crippen molar-refractivity contribution >= 4 is 29.9 Å². The molecular formula is C21H30IN3O4. The predicted molar refractivity (Wildman–Crippen MR) is 126 cm³/mol. The molecule has 0 saturated carbocycles. The molecule has 0 radical (unpaired) electrons. The van der Waals surface area contributed by atoms with E-state index in [0.29, 0.717) is 41.9 Å². The second-order valence-electron chi connectivity index (χ2n) is 6.03. The number of aromatic hydroxyl groups is 1. The number of hydrogen-bond acceptors (Lipinski definition) is 5. The van der Waals surface area contributed by atoms with Crippen molar-refractivity contribution in [2.45, 2.75) is 19.9 Å². The number of benzene rings is 2. The normalized spacial score (nSPS) is 10.7. The Kier molecular flexibility index (Phi) is 11.0. The molecule has 3 N–H and O–H groups in total. The van der Waals surface area contributed by atoms with Crippen LogP contribution in [0.2, 0.25) is 0 Å². The Morgan fingerprint density at radius 3 is 2.34 bits per heavy atom. The number of phenols is 1. The van der Waals surface area contributed by atoms with E-state index in [1.165, 1.54) is 7.11 Å². The monoisotopic (exact) mass is 515 g/mol. The fourth-order valence-electron chi connectivity index (χ4n) is 2.73. The van der Waals surface area contributed by atoms with Crippen molar-refractivity contribution in [1.82, 2.24) is 10.6 Å². The first-order chi connectivity index (χ1) is 13.6. The van der Waals surface area contributed by atoms with E-state index in [0.717, 1.165) is 18.5 Å². The molecule has 2 aromatic carbocycles. The van der Waals surface area contributed by atoms with Crippen LogP contribution in [0.3, 0.4) is 0 Å². The number of nitrogens with zero attached hydrogens (tertiary/aromatic N) is 1. The number of phenolic OH excluding ortho intramolecular Hbond substituents is 1. The van der Waals surface area contributed by atoms with Gasteiger partial charge < -0.3 is 30.0 Å². The maximum Gasteiger partial charge on any atom is 0.191 e. The summed E-state index contributed by atoms with van der Waals surface area (Å²) in [5.41, 5.74) is 1.84. The largest absolute Gasteiger partial charge is 0.504 e. The summed E-state index contributed by atoms with van der Waals surface area (Å²) >= 11 is 0. The molecule has 0 aromatic heterocycles. The molecule has 0 amide bonds. The molecule has 8 heteroatoms. The summed E-state index contributed by atoms with van der Waals surface area (Å²) in [5.74, 6) is 2.68. The highest BCUT2D eigenvalue weighted by atomic mass is 127. The fourth-order valence-corrected chi connectivity index (χ4v) is 2.73. The molecule has 0 fully saturated rings. The Morgan fingerprint density at radius 2 is 1.69 bits per heavy atom. The van der Waals surface area contributed by atoms with Crippen LogP contribution in [0.4, 0.5) is 0 Å². The van der Waals surface area contributed by atoms with Gasteiger partial charge in [-0.2, -0.15) is 0 Å². The molecule has 0 saturated heterocycles. The highest BCUT2D eigenvalue weighted by molar-refractivity contribution is 14.0. The zero-order chi connectivity index (χ0) is 20.4. The number of halogens is 1. The topological polar surface area (TPSA) is 84.3 Å². The molecular weight excluding hydrogens is 485 g/mol. The molecule has 0 heterocycles. The zero-order valence-electron chi connectivity index (χ0n) is 17.3. The molecule has 0 aliphatic heterocycles. The maximum absolute atomic E-state index is 10.2. The summed E-state index contributed by atoms with van der Waals surface area (Å²) in [4.78, 5) is 4.55. The van der Waals surface area contributed by atoms with Crippen LogP contribution in [-0.2, 0) is 13.0 Å². The van der Waals surface area contributed by atoms with Crippen LogP contribution in [0.5, 0.6) is 23.0 Å². The third-order valence-corrected chi connectivity index (χ3v) is 4.21. The highest BCUT2D eigenvalue weighted by Crippen LogP contribution is 2.30. The van der Waals surface area contributed by atoms with Crippen LogP contribution >= 0.6 is 24.0 Å². The van der Waals surface area contributed by atoms with Gasteiger partial charge in [-0.3, -0.25) is 0 Å². The van der Waals surface area contributed by atoms with E-state index in [1.54, 1.807) is 20.3 Å². The van der Waals surface area contributed by atoms with Crippen molar-refractivity contribution in [3.8, 4) is 23.0 Å². The number of nitrogens with one attached hydrogen (secondary N) is 2. The smallest absolute Gasteiger partial charge is 0.191 e. The summed E-state index contributed by atoms with van der Waals surface area (Å²) < 4.78 is 15.8. The maximum atomic E-state index is 10.2. The van der Waals surface area contributed by atoms with Crippen molar-refractivity contribution in [1.29, 1.82) is 0 Å². The quantitative estimate of drug-likeness (QED) is 0.270. The lowest BCUT2D eigenvalue weighted by atomic mass is 10.1. The summed E-state index contributed by atoms with van der Waals surface area (Å²) in [6.07, 6.45) is 0.801. The first-order valence-electron chi connectivity index (χ1n) is 9.20. The second kappa shape index (κ2) is 13.0. The van der Waals surface area contributed by atoms with Gasteiger partial charge in [0.1, 0.15) is 0 Å². The Bertz CT molecular complexity index is 799. The van der Waals surface area contributed by atoms with Crippen LogP contribution in [0.15, 0.2) is 41.4 Å². The van der Waals surface area contributed by atoms with Gasteiger partial charge >= 0.3 is 0 Å². The summed E-state index contributed by atoms with van der Waals surface area (Å²) in [7, 11) is 4.78. The van der Waals surface area contributed by atoms with Crippen LogP contribution in [0.25, 0.3) is 0 Å². The number of rotatable bonds is 9. The second-order valence-corrected chi connectivity index (χ2v) is 6.03. The number of para-hydroxylation sites is 1. The van der Waals surface area contributed by atoms with Crippen LogP contribution in [0.1, 0.15) is 18.1 Å². The van der Waals surface area contributed by atoms with Gasteiger partial charge in [0.2, 0.25) is 0 Å². The predicted octanol–water partition coefficient (Wildman–Crippen LogP) is 3.33. The van der Waals surface area contributed by atoms with E-state index in [2.05, 4.69) is 15.6 Å². The Morgan fingerprint density at radius 1 is 0.966 bits per heavy atom. The molecule has 0 bridgehead atoms. The first-order valence-corrected chi connectivity index (χ1v) is 9.20. The van der Waals surface area contributed by atoms with Crippen LogP contribution < -0.4 is 24.8 Å². The lowest BCUT2D eigenvalue weighted by molar-refractivity contribution is 0.354. The van der Waals surface area contributed by atoms with Crippen LogP contribution in [0, 0.1) is 0 Å². The molecule has 0 aliphatic rings. The highest BCUT2D eigenvalue weighted by Gasteiger charge is 2.08. The van der Waals surface area contributed by atoms with Crippen LogP contribution in [-0.4, -0.2) is 45.5 Å². The number of ether oxygens (including phenoxy) is 3. The van der Waals surface area contributed by atoms with E-state index in [-0.39, 0.29) is 29.7 Å². The molecule has 7 nitrogen and oxygen atoms in total. The third-order valence-electron chi connectivity index (χ3n) is 4.21. The van der Waals surface area contributed by atoms with Gasteiger partial charge in [0.25, 0.3) is 0 Å². The SMILES string of the molecule is CCNC(=NCc1cccc(OC)c1O)NCCc1ccc(OC)c(OC)c1.I. The molecule has 29 heavy (non-hydrogen) atoms. The van der Waals surface area contributed by atoms with E-state index in [4.69, 9.17) is 14.2 Å². The van der Waals surface area contributed by atoms with Crippen molar-refractivity contribution in [3.63, 3.8) is 0 Å². The van der Waals surface area contributed by atoms with Crippen molar-refractivity contribution in [2.75, 3.05) is 34.4 Å². The van der Waals surface area contributed by atoms with Gasteiger partial charge in [0, 0.05) is 18.7 Å². The summed E-state index contributed by atoms with van der Waals surface area (Å²) in [5, 5.41) is 16.7. The van der Waals surface area contributed by atoms with Gasteiger partial charge in [-0.05, 0) is 37.1 Å². The minimum absolute atomic E-state index is 0. The van der Waals surface area contributed by atoms with Crippen molar-refractivity contribution in [2.24, 2.45) is 4.99 Å². The van der Waals surface area contributed by atoms with E-state index >= 15 is 0 Å². The molecule has 0 aliphatic carbocycles. The van der Waals surface area contributed by atoms with Crippen molar-refractivity contribution in [3.05, 3.63) is 47.5 Å². The lowest BCUT2D eigenvalue weighted by Gasteiger charge is -2.13. The molecule has 0 unspecified atom stereocenters. The first kappa shape index (κ1) is 24.7. The average Bonchev–Trinajstić information content (AvgIpc) is 2.72. The van der Waals surface area contributed by atoms with Gasteiger partial charge in [-0.1, -0.05) is 18.2 Å². The zero-order valence-corrected chi connectivity index (χ0v) is 19.7. The number of aliphatic imine (C=N–C) groups is 1. The van der Waals surface area contributed by atoms with E-state index < -0.39 is 0 Å². The Balaban J connectivity index is 0.00000420. The minimum Gasteiger partial charge on any atom is -0.504 e. The van der Waals surface area contributed by atoms with Gasteiger partial charge in [0.15, 0.2) is 29.0 Å². The van der Waals surface area contributed by atoms with Crippen molar-refractivity contribution < 1.29 is 19.3 Å². The summed E-state index contributed by atoms with van der Waals surface area (Å²) in [6.45, 7) is 3.79. The van der Waals surface area contributed by atoms with E-state index in [9.17, 15) is 5.11 Å². The standard InChI is InChI=1S/C21H29N3O4.HI/c1-5-22-21(24-14-16-7-6-8-18(27-3)20(16)25)23-12-11-15-9-10-17(26-2)19(13-15)28-4;/h6-10,13,25H,5,11-12,14H2,1-4H3,(H2,22,23,24);1H. The minimum atomic E-state index is 0. The number of methoxy groups -OCH3 is 3. The molecule has 160 valence electrons. The average molecular weight is 515 g/mol. The fraction of sp³-hybridized carbons (Fsp3) is 0.381. The third kappa shape index (κ3) is 7.19. The summed E-state index contributed by atoms with van der Waals surface area (Å²) in [6, 6.07) is 11.3. The van der Waals surface area contributed by atoms with Gasteiger partial charge in [0.05, 0.1) is 27.9 Å². The number of hydrogen-bond donors (Lipinski definition) is 3.